The van der Waals surface area contributed by atoms with Gasteiger partial charge in [-0.1, -0.05) is 13.8 Å². The van der Waals surface area contributed by atoms with Gasteiger partial charge in [-0.2, -0.15) is 0 Å². The summed E-state index contributed by atoms with van der Waals surface area (Å²) in [5.74, 6) is 0.928. The molecule has 0 aromatic carbocycles. The zero-order chi connectivity index (χ0) is 12.5. The maximum absolute atomic E-state index is 12.3. The monoisotopic (exact) mass is 238 g/mol. The summed E-state index contributed by atoms with van der Waals surface area (Å²) in [5.41, 5.74) is 0.222. The van der Waals surface area contributed by atoms with Gasteiger partial charge in [0.25, 0.3) is 0 Å². The van der Waals surface area contributed by atoms with Crippen LogP contribution in [0.1, 0.15) is 46.5 Å². The van der Waals surface area contributed by atoms with Crippen LogP contribution in [0, 0.1) is 16.7 Å². The molecule has 1 saturated carbocycles. The molecule has 0 aromatic heterocycles. The minimum atomic E-state index is -0.189. The summed E-state index contributed by atoms with van der Waals surface area (Å²) in [4.78, 5) is 12.3. The molecule has 3 heteroatoms. The van der Waals surface area contributed by atoms with Crippen molar-refractivity contribution in [3.63, 3.8) is 0 Å². The zero-order valence-electron chi connectivity index (χ0n) is 11.4. The Morgan fingerprint density at radius 3 is 2.53 bits per heavy atom. The van der Waals surface area contributed by atoms with Crippen LogP contribution >= 0.6 is 0 Å². The van der Waals surface area contributed by atoms with Gasteiger partial charge < -0.3 is 10.6 Å². The first kappa shape index (κ1) is 12.9. The number of hydrogen-bond acceptors (Lipinski definition) is 2. The summed E-state index contributed by atoms with van der Waals surface area (Å²) in [5, 5.41) is 6.53. The molecule has 2 aliphatic rings. The topological polar surface area (TPSA) is 41.1 Å². The van der Waals surface area contributed by atoms with E-state index in [-0.39, 0.29) is 11.3 Å². The lowest BCUT2D eigenvalue weighted by atomic mass is 9.81. The molecule has 1 unspecified atom stereocenters. The maximum Gasteiger partial charge on any atom is 0.227 e. The molecule has 0 aromatic rings. The van der Waals surface area contributed by atoms with Crippen LogP contribution in [-0.2, 0) is 4.79 Å². The van der Waals surface area contributed by atoms with E-state index in [0.29, 0.717) is 11.3 Å². The van der Waals surface area contributed by atoms with Crippen molar-refractivity contribution in [2.24, 2.45) is 16.7 Å². The van der Waals surface area contributed by atoms with Crippen molar-refractivity contribution in [1.29, 1.82) is 0 Å². The van der Waals surface area contributed by atoms with E-state index in [4.69, 9.17) is 0 Å². The first-order valence-electron chi connectivity index (χ1n) is 6.98. The lowest BCUT2D eigenvalue weighted by molar-refractivity contribution is -0.131. The van der Waals surface area contributed by atoms with E-state index in [1.165, 1.54) is 12.8 Å². The molecule has 98 valence electrons. The highest BCUT2D eigenvalue weighted by Crippen LogP contribution is 2.51. The molecule has 0 radical (unpaired) electrons. The van der Waals surface area contributed by atoms with E-state index in [0.717, 1.165) is 32.5 Å². The van der Waals surface area contributed by atoms with E-state index >= 15 is 0 Å². The molecular weight excluding hydrogens is 212 g/mol. The minimum absolute atomic E-state index is 0.189. The van der Waals surface area contributed by atoms with Gasteiger partial charge in [-0.15, -0.1) is 0 Å². The van der Waals surface area contributed by atoms with E-state index in [9.17, 15) is 4.79 Å². The third kappa shape index (κ3) is 2.65. The summed E-state index contributed by atoms with van der Waals surface area (Å²) in [6.45, 7) is 9.38. The van der Waals surface area contributed by atoms with E-state index in [2.05, 4.69) is 31.4 Å². The van der Waals surface area contributed by atoms with E-state index in [1.54, 1.807) is 0 Å². The Hall–Kier alpha value is -0.570. The molecular formula is C14H26N2O. The summed E-state index contributed by atoms with van der Waals surface area (Å²) in [6.07, 6.45) is 4.68. The van der Waals surface area contributed by atoms with Crippen molar-refractivity contribution in [2.45, 2.75) is 46.5 Å². The third-order valence-electron chi connectivity index (χ3n) is 4.86. The molecule has 1 amide bonds. The highest BCUT2D eigenvalue weighted by molar-refractivity contribution is 5.82. The van der Waals surface area contributed by atoms with Crippen LogP contribution in [-0.4, -0.2) is 25.5 Å². The van der Waals surface area contributed by atoms with Gasteiger partial charge in [-0.05, 0) is 50.5 Å². The number of rotatable bonds is 4. The van der Waals surface area contributed by atoms with Gasteiger partial charge in [-0.25, -0.2) is 0 Å². The molecule has 1 heterocycles. The van der Waals surface area contributed by atoms with Gasteiger partial charge in [0.05, 0.1) is 5.41 Å². The lowest BCUT2D eigenvalue weighted by Crippen LogP contribution is -2.50. The predicted molar refractivity (Wildman–Crippen MR) is 69.7 cm³/mol. The number of hydrogen-bond donors (Lipinski definition) is 2. The fraction of sp³-hybridized carbons (Fsp3) is 0.929. The molecule has 0 spiro atoms. The van der Waals surface area contributed by atoms with Gasteiger partial charge in [-0.3, -0.25) is 4.79 Å². The van der Waals surface area contributed by atoms with Crippen LogP contribution < -0.4 is 10.6 Å². The SMILES string of the molecule is CC(C)C1(CNC(=O)C2(C)CCCNC2)CC1. The summed E-state index contributed by atoms with van der Waals surface area (Å²) >= 11 is 0. The Bertz CT molecular complexity index is 289. The Morgan fingerprint density at radius 1 is 1.35 bits per heavy atom. The fourth-order valence-electron chi connectivity index (χ4n) is 2.84. The molecule has 1 saturated heterocycles. The average Bonchev–Trinajstić information content (AvgIpc) is 3.08. The molecule has 0 bridgehead atoms. The second-order valence-electron chi connectivity index (χ2n) is 6.54. The fourth-order valence-corrected chi connectivity index (χ4v) is 2.84. The van der Waals surface area contributed by atoms with Gasteiger partial charge in [0.15, 0.2) is 0 Å². The normalized spacial score (nSPS) is 31.3. The zero-order valence-corrected chi connectivity index (χ0v) is 11.4. The highest BCUT2D eigenvalue weighted by atomic mass is 16.2. The number of amides is 1. The van der Waals surface area contributed by atoms with Gasteiger partial charge in [0.2, 0.25) is 5.91 Å². The van der Waals surface area contributed by atoms with Gasteiger partial charge >= 0.3 is 0 Å². The largest absolute Gasteiger partial charge is 0.355 e. The van der Waals surface area contributed by atoms with Crippen molar-refractivity contribution >= 4 is 5.91 Å². The molecule has 2 rings (SSSR count). The summed E-state index contributed by atoms with van der Waals surface area (Å²) in [6, 6.07) is 0. The summed E-state index contributed by atoms with van der Waals surface area (Å²) < 4.78 is 0. The van der Waals surface area contributed by atoms with Gasteiger partial charge in [0.1, 0.15) is 0 Å². The molecule has 1 aliphatic heterocycles. The van der Waals surface area contributed by atoms with Crippen LogP contribution in [0.5, 0.6) is 0 Å². The van der Waals surface area contributed by atoms with Crippen LogP contribution in [0.3, 0.4) is 0 Å². The van der Waals surface area contributed by atoms with Gasteiger partial charge in [0, 0.05) is 13.1 Å². The lowest BCUT2D eigenvalue weighted by Gasteiger charge is -2.33. The first-order valence-corrected chi connectivity index (χ1v) is 6.98. The first-order chi connectivity index (χ1) is 7.99. The maximum atomic E-state index is 12.3. The van der Waals surface area contributed by atoms with Crippen LogP contribution in [0.2, 0.25) is 0 Å². The van der Waals surface area contributed by atoms with E-state index in [1.807, 2.05) is 0 Å². The molecule has 17 heavy (non-hydrogen) atoms. The van der Waals surface area contributed by atoms with Crippen LogP contribution in [0.25, 0.3) is 0 Å². The number of piperidine rings is 1. The smallest absolute Gasteiger partial charge is 0.227 e. The Morgan fingerprint density at radius 2 is 2.06 bits per heavy atom. The highest BCUT2D eigenvalue weighted by Gasteiger charge is 2.46. The molecule has 3 nitrogen and oxygen atoms in total. The summed E-state index contributed by atoms with van der Waals surface area (Å²) in [7, 11) is 0. The number of carbonyl (C=O) groups is 1. The average molecular weight is 238 g/mol. The minimum Gasteiger partial charge on any atom is -0.355 e. The quantitative estimate of drug-likeness (QED) is 0.786. The molecule has 1 atom stereocenters. The Labute approximate surface area is 105 Å². The van der Waals surface area contributed by atoms with Crippen molar-refractivity contribution in [2.75, 3.05) is 19.6 Å². The predicted octanol–water partition coefficient (Wildman–Crippen LogP) is 1.93. The molecule has 2 N–H and O–H groups in total. The van der Waals surface area contributed by atoms with Crippen molar-refractivity contribution in [3.05, 3.63) is 0 Å². The number of nitrogens with one attached hydrogen (secondary N) is 2. The Kier molecular flexibility index (Phi) is 3.48. The third-order valence-corrected chi connectivity index (χ3v) is 4.86. The molecule has 1 aliphatic carbocycles. The molecule has 2 fully saturated rings. The van der Waals surface area contributed by atoms with Crippen molar-refractivity contribution in [1.82, 2.24) is 10.6 Å². The van der Waals surface area contributed by atoms with Crippen molar-refractivity contribution < 1.29 is 4.79 Å². The van der Waals surface area contributed by atoms with Crippen molar-refractivity contribution in [3.8, 4) is 0 Å². The van der Waals surface area contributed by atoms with E-state index < -0.39 is 0 Å². The second kappa shape index (κ2) is 4.60. The standard InChI is InChI=1S/C14H26N2O/c1-11(2)14(6-7-14)10-16-12(17)13(3)5-4-8-15-9-13/h11,15H,4-10H2,1-3H3,(H,16,17). The Balaban J connectivity index is 1.85. The number of carbonyl (C=O) groups excluding carboxylic acids is 1. The van der Waals surface area contributed by atoms with Crippen LogP contribution in [0.4, 0.5) is 0 Å². The second-order valence-corrected chi connectivity index (χ2v) is 6.54. The van der Waals surface area contributed by atoms with Crippen LogP contribution in [0.15, 0.2) is 0 Å².